The number of allylic oxidation sites excluding steroid dienone is 1. The lowest BCUT2D eigenvalue weighted by Gasteiger charge is -2.59. The molecule has 0 aromatic carbocycles. The van der Waals surface area contributed by atoms with Crippen molar-refractivity contribution in [1.82, 2.24) is 0 Å². The van der Waals surface area contributed by atoms with E-state index in [9.17, 15) is 4.79 Å². The first-order valence-corrected chi connectivity index (χ1v) is 5.82. The third-order valence-corrected chi connectivity index (χ3v) is 4.64. The van der Waals surface area contributed by atoms with Crippen molar-refractivity contribution in [2.75, 3.05) is 0 Å². The Morgan fingerprint density at radius 3 is 2.62 bits per heavy atom. The van der Waals surface area contributed by atoms with Gasteiger partial charge in [-0.15, -0.1) is 0 Å². The third-order valence-electron chi connectivity index (χ3n) is 4.64. The number of nitriles is 1. The Hall–Kier alpha value is -1.30. The molecule has 0 heterocycles. The van der Waals surface area contributed by atoms with Crippen molar-refractivity contribution in [3.05, 3.63) is 11.6 Å². The molecule has 3 unspecified atom stereocenters. The lowest BCUT2D eigenvalue weighted by molar-refractivity contribution is -0.132. The monoisotopic (exact) mass is 219 g/mol. The van der Waals surface area contributed by atoms with Gasteiger partial charge in [-0.3, -0.25) is 0 Å². The second-order valence-corrected chi connectivity index (χ2v) is 5.60. The summed E-state index contributed by atoms with van der Waals surface area (Å²) in [6, 6.07) is 1.78. The summed E-state index contributed by atoms with van der Waals surface area (Å²) in [5.74, 6) is 0.555. The number of aliphatic carboxylic acids is 1. The minimum atomic E-state index is -1.10. The smallest absolute Gasteiger partial charge is 0.346 e. The van der Waals surface area contributed by atoms with Crippen molar-refractivity contribution in [3.8, 4) is 6.07 Å². The van der Waals surface area contributed by atoms with E-state index in [0.717, 1.165) is 12.3 Å². The fourth-order valence-corrected chi connectivity index (χ4v) is 3.44. The van der Waals surface area contributed by atoms with Gasteiger partial charge in [0.25, 0.3) is 0 Å². The highest BCUT2D eigenvalue weighted by atomic mass is 16.4. The van der Waals surface area contributed by atoms with E-state index in [4.69, 9.17) is 10.4 Å². The fraction of sp³-hybridized carbons (Fsp3) is 0.692. The molecule has 1 N–H and O–H groups in total. The van der Waals surface area contributed by atoms with Crippen LogP contribution in [0.4, 0.5) is 0 Å². The number of carboxylic acids is 1. The number of carbonyl (C=O) groups is 1. The van der Waals surface area contributed by atoms with Crippen LogP contribution in [0.3, 0.4) is 0 Å². The SMILES string of the molecule is CC1(C)C2CCC(/C=C(/C#N)C(=O)O)C1C2. The second-order valence-electron chi connectivity index (χ2n) is 5.60. The van der Waals surface area contributed by atoms with Crippen LogP contribution in [-0.4, -0.2) is 11.1 Å². The summed E-state index contributed by atoms with van der Waals surface area (Å²) in [6.45, 7) is 4.53. The Morgan fingerprint density at radius 2 is 2.19 bits per heavy atom. The molecule has 0 amide bonds. The topological polar surface area (TPSA) is 61.1 Å². The average molecular weight is 219 g/mol. The maximum atomic E-state index is 10.8. The molecule has 3 fully saturated rings. The Morgan fingerprint density at radius 1 is 1.50 bits per heavy atom. The highest BCUT2D eigenvalue weighted by molar-refractivity contribution is 5.91. The number of rotatable bonds is 2. The number of hydrogen-bond acceptors (Lipinski definition) is 2. The van der Waals surface area contributed by atoms with E-state index >= 15 is 0 Å². The van der Waals surface area contributed by atoms with Gasteiger partial charge in [0.1, 0.15) is 11.6 Å². The molecule has 0 radical (unpaired) electrons. The molecule has 3 saturated carbocycles. The summed E-state index contributed by atoms with van der Waals surface area (Å²) >= 11 is 0. The molecule has 0 aromatic rings. The third kappa shape index (κ3) is 1.53. The van der Waals surface area contributed by atoms with Crippen LogP contribution in [0.15, 0.2) is 11.6 Å². The molecular weight excluding hydrogens is 202 g/mol. The highest BCUT2D eigenvalue weighted by Crippen LogP contribution is 2.61. The van der Waals surface area contributed by atoms with Gasteiger partial charge in [0.15, 0.2) is 0 Å². The summed E-state index contributed by atoms with van der Waals surface area (Å²) in [5.41, 5.74) is 0.240. The first-order valence-electron chi connectivity index (χ1n) is 5.82. The zero-order valence-electron chi connectivity index (χ0n) is 9.73. The fourth-order valence-electron chi connectivity index (χ4n) is 3.44. The molecule has 3 aliphatic rings. The molecule has 0 spiro atoms. The maximum absolute atomic E-state index is 10.8. The number of nitrogens with zero attached hydrogens (tertiary/aromatic N) is 1. The Labute approximate surface area is 95.8 Å². The van der Waals surface area contributed by atoms with E-state index in [1.165, 1.54) is 12.8 Å². The van der Waals surface area contributed by atoms with Crippen molar-refractivity contribution in [2.45, 2.75) is 33.1 Å². The highest BCUT2D eigenvalue weighted by Gasteiger charge is 2.53. The Bertz CT molecular complexity index is 387. The largest absolute Gasteiger partial charge is 0.477 e. The Kier molecular flexibility index (Phi) is 2.53. The van der Waals surface area contributed by atoms with Gasteiger partial charge in [0.05, 0.1) is 0 Å². The Balaban J connectivity index is 2.18. The van der Waals surface area contributed by atoms with Crippen LogP contribution in [0.1, 0.15) is 33.1 Å². The van der Waals surface area contributed by atoms with E-state index in [1.807, 2.05) is 0 Å². The van der Waals surface area contributed by atoms with E-state index in [1.54, 1.807) is 12.1 Å². The van der Waals surface area contributed by atoms with Gasteiger partial charge >= 0.3 is 5.97 Å². The van der Waals surface area contributed by atoms with E-state index in [2.05, 4.69) is 13.8 Å². The average Bonchev–Trinajstić information content (AvgIpc) is 2.25. The molecule has 3 atom stereocenters. The van der Waals surface area contributed by atoms with Gasteiger partial charge in [-0.2, -0.15) is 5.26 Å². The zero-order chi connectivity index (χ0) is 11.9. The predicted octanol–water partition coefficient (Wildman–Crippen LogP) is 2.59. The summed E-state index contributed by atoms with van der Waals surface area (Å²) in [7, 11) is 0. The van der Waals surface area contributed by atoms with Gasteiger partial charge in [-0.1, -0.05) is 19.9 Å². The molecule has 16 heavy (non-hydrogen) atoms. The lowest BCUT2D eigenvalue weighted by atomic mass is 9.45. The maximum Gasteiger partial charge on any atom is 0.346 e. The molecule has 3 rings (SSSR count). The molecule has 0 aliphatic heterocycles. The van der Waals surface area contributed by atoms with Gasteiger partial charge < -0.3 is 5.11 Å². The molecular formula is C13H17NO2. The molecule has 0 aromatic heterocycles. The van der Waals surface area contributed by atoms with Gasteiger partial charge in [0.2, 0.25) is 0 Å². The number of fused-ring (bicyclic) bond motifs is 2. The van der Waals surface area contributed by atoms with Crippen molar-refractivity contribution in [3.63, 3.8) is 0 Å². The van der Waals surface area contributed by atoms with Crippen molar-refractivity contribution < 1.29 is 9.90 Å². The molecule has 3 nitrogen and oxygen atoms in total. The zero-order valence-corrected chi connectivity index (χ0v) is 9.73. The standard InChI is InChI=1S/C13H17NO2/c1-13(2)10-4-3-8(11(13)6-10)5-9(7-14)12(15)16/h5,8,10-11H,3-4,6H2,1-2H3,(H,15,16)/b9-5-. The molecule has 2 bridgehead atoms. The quantitative estimate of drug-likeness (QED) is 0.573. The van der Waals surface area contributed by atoms with E-state index < -0.39 is 5.97 Å². The summed E-state index contributed by atoms with van der Waals surface area (Å²) in [4.78, 5) is 10.8. The van der Waals surface area contributed by atoms with Crippen LogP contribution in [0.5, 0.6) is 0 Å². The van der Waals surface area contributed by atoms with Gasteiger partial charge in [-0.05, 0) is 42.4 Å². The lowest BCUT2D eigenvalue weighted by Crippen LogP contribution is -2.51. The molecule has 0 saturated heterocycles. The van der Waals surface area contributed by atoms with Crippen LogP contribution in [0.2, 0.25) is 0 Å². The number of hydrogen-bond donors (Lipinski definition) is 1. The van der Waals surface area contributed by atoms with Crippen LogP contribution < -0.4 is 0 Å². The number of carboxylic acid groups (broad SMARTS) is 1. The molecule has 3 heteroatoms. The second kappa shape index (κ2) is 3.62. The van der Waals surface area contributed by atoms with Crippen LogP contribution in [0, 0.1) is 34.5 Å². The summed E-state index contributed by atoms with van der Waals surface area (Å²) < 4.78 is 0. The molecule has 3 aliphatic carbocycles. The van der Waals surface area contributed by atoms with Crippen molar-refractivity contribution in [1.29, 1.82) is 5.26 Å². The minimum absolute atomic E-state index is 0.0915. The van der Waals surface area contributed by atoms with Crippen LogP contribution in [0.25, 0.3) is 0 Å². The van der Waals surface area contributed by atoms with Crippen molar-refractivity contribution >= 4 is 5.97 Å². The predicted molar refractivity (Wildman–Crippen MR) is 59.4 cm³/mol. The van der Waals surface area contributed by atoms with Gasteiger partial charge in [0, 0.05) is 0 Å². The summed E-state index contributed by atoms with van der Waals surface area (Å²) in [5, 5.41) is 17.6. The first-order chi connectivity index (χ1) is 7.46. The van der Waals surface area contributed by atoms with Crippen LogP contribution in [-0.2, 0) is 4.79 Å². The van der Waals surface area contributed by atoms with Crippen molar-refractivity contribution in [2.24, 2.45) is 23.2 Å². The first kappa shape index (κ1) is 11.2. The normalized spacial score (nSPS) is 36.1. The van der Waals surface area contributed by atoms with E-state index in [0.29, 0.717) is 11.3 Å². The van der Waals surface area contributed by atoms with E-state index in [-0.39, 0.29) is 11.5 Å². The summed E-state index contributed by atoms with van der Waals surface area (Å²) in [6.07, 6.45) is 5.09. The van der Waals surface area contributed by atoms with Gasteiger partial charge in [-0.25, -0.2) is 4.79 Å². The molecule has 86 valence electrons. The van der Waals surface area contributed by atoms with Crippen LogP contribution >= 0.6 is 0 Å². The minimum Gasteiger partial charge on any atom is -0.477 e.